The fraction of sp³-hybridized carbons (Fsp3) is 0.562. The summed E-state index contributed by atoms with van der Waals surface area (Å²) in [5.74, 6) is 1.72. The molecule has 19 heavy (non-hydrogen) atoms. The highest BCUT2D eigenvalue weighted by Gasteiger charge is 2.42. The standard InChI is InChI=1S/C16H22N2O/c1-10-4-6-13(7-5-10)15-17-12(3)16(19)18(15)9-14-8-11(14)2/h4-7,11-12,14-15,17H,8-9H2,1-3H3. The Kier molecular flexibility index (Phi) is 3.09. The van der Waals surface area contributed by atoms with Gasteiger partial charge in [-0.3, -0.25) is 10.1 Å². The average Bonchev–Trinajstić information content (AvgIpc) is 3.01. The molecule has 1 amide bonds. The number of carbonyl (C=O) groups is 1. The number of aryl methyl sites for hydroxylation is 1. The molecule has 3 heteroatoms. The zero-order valence-corrected chi connectivity index (χ0v) is 11.9. The molecule has 0 bridgehead atoms. The predicted octanol–water partition coefficient (Wildman–Crippen LogP) is 2.47. The Morgan fingerprint density at radius 2 is 1.89 bits per heavy atom. The molecule has 1 heterocycles. The van der Waals surface area contributed by atoms with Gasteiger partial charge in [0, 0.05) is 6.54 Å². The summed E-state index contributed by atoms with van der Waals surface area (Å²) in [6, 6.07) is 8.41. The van der Waals surface area contributed by atoms with E-state index in [9.17, 15) is 4.79 Å². The molecule has 4 atom stereocenters. The quantitative estimate of drug-likeness (QED) is 0.903. The number of rotatable bonds is 3. The van der Waals surface area contributed by atoms with Crippen LogP contribution in [0.5, 0.6) is 0 Å². The van der Waals surface area contributed by atoms with Gasteiger partial charge in [-0.1, -0.05) is 36.8 Å². The molecule has 1 saturated heterocycles. The lowest BCUT2D eigenvalue weighted by atomic mass is 10.1. The Bertz CT molecular complexity index is 482. The van der Waals surface area contributed by atoms with Crippen LogP contribution in [-0.4, -0.2) is 23.4 Å². The minimum absolute atomic E-state index is 0.0518. The zero-order chi connectivity index (χ0) is 13.6. The van der Waals surface area contributed by atoms with Crippen molar-refractivity contribution in [2.45, 2.75) is 39.4 Å². The van der Waals surface area contributed by atoms with Crippen LogP contribution in [0.1, 0.15) is 37.6 Å². The molecule has 2 fully saturated rings. The Morgan fingerprint density at radius 3 is 2.47 bits per heavy atom. The molecule has 0 radical (unpaired) electrons. The van der Waals surface area contributed by atoms with Gasteiger partial charge in [-0.05, 0) is 37.7 Å². The first-order valence-electron chi connectivity index (χ1n) is 7.19. The maximum atomic E-state index is 12.3. The van der Waals surface area contributed by atoms with E-state index in [1.165, 1.54) is 17.5 Å². The van der Waals surface area contributed by atoms with E-state index in [0.29, 0.717) is 5.92 Å². The summed E-state index contributed by atoms with van der Waals surface area (Å²) >= 11 is 0. The number of hydrogen-bond donors (Lipinski definition) is 1. The van der Waals surface area contributed by atoms with Gasteiger partial charge in [0.25, 0.3) is 0 Å². The van der Waals surface area contributed by atoms with E-state index in [1.807, 2.05) is 11.8 Å². The number of amides is 1. The molecular formula is C16H22N2O. The molecule has 3 rings (SSSR count). The Balaban J connectivity index is 1.81. The van der Waals surface area contributed by atoms with Crippen molar-refractivity contribution in [2.24, 2.45) is 11.8 Å². The van der Waals surface area contributed by atoms with Crippen LogP contribution in [0.4, 0.5) is 0 Å². The second-order valence-corrected chi connectivity index (χ2v) is 6.17. The lowest BCUT2D eigenvalue weighted by molar-refractivity contribution is -0.130. The van der Waals surface area contributed by atoms with Crippen molar-refractivity contribution >= 4 is 5.91 Å². The summed E-state index contributed by atoms with van der Waals surface area (Å²) in [7, 11) is 0. The van der Waals surface area contributed by atoms with Crippen LogP contribution in [0.2, 0.25) is 0 Å². The lowest BCUT2D eigenvalue weighted by Crippen LogP contribution is -2.32. The van der Waals surface area contributed by atoms with E-state index >= 15 is 0 Å². The van der Waals surface area contributed by atoms with Gasteiger partial charge in [-0.25, -0.2) is 0 Å². The maximum Gasteiger partial charge on any atom is 0.241 e. The molecule has 4 unspecified atom stereocenters. The minimum Gasteiger partial charge on any atom is -0.321 e. The van der Waals surface area contributed by atoms with E-state index in [0.717, 1.165) is 12.5 Å². The van der Waals surface area contributed by atoms with Crippen LogP contribution in [0, 0.1) is 18.8 Å². The third-order valence-electron chi connectivity index (χ3n) is 4.47. The normalized spacial score (nSPS) is 33.8. The number of hydrogen-bond acceptors (Lipinski definition) is 2. The summed E-state index contributed by atoms with van der Waals surface area (Å²) < 4.78 is 0. The van der Waals surface area contributed by atoms with Crippen molar-refractivity contribution < 1.29 is 4.79 Å². The van der Waals surface area contributed by atoms with Crippen LogP contribution in [-0.2, 0) is 4.79 Å². The number of nitrogens with zero attached hydrogens (tertiary/aromatic N) is 1. The van der Waals surface area contributed by atoms with Gasteiger partial charge >= 0.3 is 0 Å². The maximum absolute atomic E-state index is 12.3. The van der Waals surface area contributed by atoms with Crippen LogP contribution >= 0.6 is 0 Å². The molecule has 1 aromatic carbocycles. The Hall–Kier alpha value is -1.35. The van der Waals surface area contributed by atoms with Crippen LogP contribution in [0.25, 0.3) is 0 Å². The first kappa shape index (κ1) is 12.7. The highest BCUT2D eigenvalue weighted by molar-refractivity contribution is 5.84. The first-order chi connectivity index (χ1) is 9.06. The number of benzene rings is 1. The van der Waals surface area contributed by atoms with Gasteiger partial charge in [0.1, 0.15) is 6.17 Å². The number of carbonyl (C=O) groups excluding carboxylic acids is 1. The van der Waals surface area contributed by atoms with Crippen LogP contribution < -0.4 is 5.32 Å². The van der Waals surface area contributed by atoms with Crippen LogP contribution in [0.15, 0.2) is 24.3 Å². The molecule has 0 spiro atoms. The molecule has 3 nitrogen and oxygen atoms in total. The van der Waals surface area contributed by atoms with Gasteiger partial charge in [0.05, 0.1) is 6.04 Å². The monoisotopic (exact) mass is 258 g/mol. The SMILES string of the molecule is Cc1ccc(C2NC(C)C(=O)N2CC2CC2C)cc1. The molecular weight excluding hydrogens is 236 g/mol. The van der Waals surface area contributed by atoms with E-state index in [-0.39, 0.29) is 18.1 Å². The van der Waals surface area contributed by atoms with E-state index in [4.69, 9.17) is 0 Å². The molecule has 2 aliphatic rings. The van der Waals surface area contributed by atoms with Crippen molar-refractivity contribution in [1.29, 1.82) is 0 Å². The van der Waals surface area contributed by atoms with E-state index in [2.05, 4.69) is 43.4 Å². The molecule has 1 N–H and O–H groups in total. The summed E-state index contributed by atoms with van der Waals surface area (Å²) in [5.41, 5.74) is 2.44. The fourth-order valence-electron chi connectivity index (χ4n) is 2.90. The van der Waals surface area contributed by atoms with Crippen molar-refractivity contribution in [3.05, 3.63) is 35.4 Å². The average molecular weight is 258 g/mol. The van der Waals surface area contributed by atoms with Crippen molar-refractivity contribution in [3.8, 4) is 0 Å². The van der Waals surface area contributed by atoms with Crippen molar-refractivity contribution in [3.63, 3.8) is 0 Å². The topological polar surface area (TPSA) is 32.3 Å². The van der Waals surface area contributed by atoms with Crippen LogP contribution in [0.3, 0.4) is 0 Å². The first-order valence-corrected chi connectivity index (χ1v) is 7.19. The molecule has 1 aromatic rings. The Morgan fingerprint density at radius 1 is 1.26 bits per heavy atom. The summed E-state index contributed by atoms with van der Waals surface area (Å²) in [6.45, 7) is 7.21. The summed E-state index contributed by atoms with van der Waals surface area (Å²) in [4.78, 5) is 14.3. The van der Waals surface area contributed by atoms with Gasteiger partial charge in [0.2, 0.25) is 5.91 Å². The predicted molar refractivity (Wildman–Crippen MR) is 75.5 cm³/mol. The van der Waals surface area contributed by atoms with E-state index in [1.54, 1.807) is 0 Å². The third-order valence-corrected chi connectivity index (χ3v) is 4.47. The van der Waals surface area contributed by atoms with Gasteiger partial charge in [-0.2, -0.15) is 0 Å². The molecule has 1 saturated carbocycles. The highest BCUT2D eigenvalue weighted by Crippen LogP contribution is 2.40. The fourth-order valence-corrected chi connectivity index (χ4v) is 2.90. The second-order valence-electron chi connectivity index (χ2n) is 6.17. The zero-order valence-electron chi connectivity index (χ0n) is 11.9. The molecule has 102 valence electrons. The number of nitrogens with one attached hydrogen (secondary N) is 1. The van der Waals surface area contributed by atoms with Gasteiger partial charge in [0.15, 0.2) is 0 Å². The largest absolute Gasteiger partial charge is 0.321 e. The Labute approximate surface area is 115 Å². The summed E-state index contributed by atoms with van der Waals surface area (Å²) in [5, 5.41) is 3.41. The van der Waals surface area contributed by atoms with Gasteiger partial charge in [-0.15, -0.1) is 0 Å². The lowest BCUT2D eigenvalue weighted by Gasteiger charge is -2.25. The third kappa shape index (κ3) is 2.39. The molecule has 0 aromatic heterocycles. The summed E-state index contributed by atoms with van der Waals surface area (Å²) in [6.07, 6.45) is 1.31. The smallest absolute Gasteiger partial charge is 0.241 e. The van der Waals surface area contributed by atoms with E-state index < -0.39 is 0 Å². The molecule has 1 aliphatic carbocycles. The van der Waals surface area contributed by atoms with Gasteiger partial charge < -0.3 is 4.90 Å². The van der Waals surface area contributed by atoms with Crippen molar-refractivity contribution in [1.82, 2.24) is 10.2 Å². The van der Waals surface area contributed by atoms with Crippen molar-refractivity contribution in [2.75, 3.05) is 6.54 Å². The highest BCUT2D eigenvalue weighted by atomic mass is 16.2. The second kappa shape index (κ2) is 4.64. The molecule has 1 aliphatic heterocycles. The minimum atomic E-state index is -0.0691.